The standard InChI is InChI=1S/C22H26F3N5O2/c1-13-10-14(2)30(27-13)9-5-7-19(31)29-8-4-6-16(12-29)18-11-17(22(23,24)25)20-15(3)28-32-21(20)26-18/h10-11,16H,4-9,12H2,1-3H3/t16-/m1/s1. The summed E-state index contributed by atoms with van der Waals surface area (Å²) in [5.41, 5.74) is 1.55. The highest BCUT2D eigenvalue weighted by Crippen LogP contribution is 2.38. The number of aromatic nitrogens is 4. The van der Waals surface area contributed by atoms with Crippen LogP contribution < -0.4 is 0 Å². The lowest BCUT2D eigenvalue weighted by molar-refractivity contribution is -0.136. The molecule has 7 nitrogen and oxygen atoms in total. The van der Waals surface area contributed by atoms with E-state index in [9.17, 15) is 18.0 Å². The van der Waals surface area contributed by atoms with Crippen LogP contribution in [0.1, 0.15) is 59.9 Å². The second-order valence-electron chi connectivity index (χ2n) is 8.47. The summed E-state index contributed by atoms with van der Waals surface area (Å²) in [5.74, 6) is -0.275. The zero-order chi connectivity index (χ0) is 23.0. The maximum atomic E-state index is 13.7. The highest BCUT2D eigenvalue weighted by Gasteiger charge is 2.37. The van der Waals surface area contributed by atoms with Crippen molar-refractivity contribution >= 4 is 17.0 Å². The summed E-state index contributed by atoms with van der Waals surface area (Å²) < 4.78 is 47.9. The van der Waals surface area contributed by atoms with Crippen molar-refractivity contribution in [3.8, 4) is 0 Å². The first kappa shape index (κ1) is 22.3. The van der Waals surface area contributed by atoms with Crippen molar-refractivity contribution < 1.29 is 22.5 Å². The van der Waals surface area contributed by atoms with Gasteiger partial charge in [0.2, 0.25) is 5.91 Å². The summed E-state index contributed by atoms with van der Waals surface area (Å²) in [6.07, 6.45) is -2.14. The molecule has 1 fully saturated rings. The zero-order valence-corrected chi connectivity index (χ0v) is 18.4. The van der Waals surface area contributed by atoms with Crippen molar-refractivity contribution in [2.75, 3.05) is 13.1 Å². The molecule has 0 N–H and O–H groups in total. The highest BCUT2D eigenvalue weighted by molar-refractivity contribution is 5.81. The van der Waals surface area contributed by atoms with Crippen molar-refractivity contribution in [1.29, 1.82) is 0 Å². The monoisotopic (exact) mass is 449 g/mol. The number of halogens is 3. The zero-order valence-electron chi connectivity index (χ0n) is 18.4. The minimum atomic E-state index is -4.54. The quantitative estimate of drug-likeness (QED) is 0.571. The van der Waals surface area contributed by atoms with Crippen LogP contribution in [0.25, 0.3) is 11.1 Å². The fourth-order valence-electron chi connectivity index (χ4n) is 4.43. The first-order valence-electron chi connectivity index (χ1n) is 10.8. The average Bonchev–Trinajstić information content (AvgIpc) is 3.27. The molecule has 10 heteroatoms. The number of rotatable bonds is 5. The van der Waals surface area contributed by atoms with Crippen LogP contribution >= 0.6 is 0 Å². The Morgan fingerprint density at radius 3 is 2.72 bits per heavy atom. The van der Waals surface area contributed by atoms with Gasteiger partial charge in [-0.25, -0.2) is 4.98 Å². The maximum Gasteiger partial charge on any atom is 0.417 e. The summed E-state index contributed by atoms with van der Waals surface area (Å²) in [6.45, 7) is 6.98. The summed E-state index contributed by atoms with van der Waals surface area (Å²) in [4.78, 5) is 18.8. The van der Waals surface area contributed by atoms with Gasteiger partial charge in [0, 0.05) is 37.7 Å². The van der Waals surface area contributed by atoms with Crippen molar-refractivity contribution in [1.82, 2.24) is 24.8 Å². The smallest absolute Gasteiger partial charge is 0.342 e. The van der Waals surface area contributed by atoms with Gasteiger partial charge in [-0.05, 0) is 52.2 Å². The molecule has 0 unspecified atom stereocenters. The predicted octanol–water partition coefficient (Wildman–Crippen LogP) is 4.55. The lowest BCUT2D eigenvalue weighted by Gasteiger charge is -2.32. The van der Waals surface area contributed by atoms with Gasteiger partial charge in [-0.2, -0.15) is 18.3 Å². The second kappa shape index (κ2) is 8.55. The van der Waals surface area contributed by atoms with E-state index in [0.717, 1.165) is 17.5 Å². The minimum Gasteiger partial charge on any atom is -0.342 e. The van der Waals surface area contributed by atoms with Gasteiger partial charge in [0.15, 0.2) is 0 Å². The van der Waals surface area contributed by atoms with Crippen molar-refractivity contribution in [2.24, 2.45) is 0 Å². The average molecular weight is 449 g/mol. The Morgan fingerprint density at radius 2 is 2.03 bits per heavy atom. The van der Waals surface area contributed by atoms with Crippen LogP contribution in [0.15, 0.2) is 16.7 Å². The number of alkyl halides is 3. The number of carbonyl (C=O) groups is 1. The Balaban J connectivity index is 1.46. The summed E-state index contributed by atoms with van der Waals surface area (Å²) >= 11 is 0. The molecule has 1 aliphatic heterocycles. The summed E-state index contributed by atoms with van der Waals surface area (Å²) in [5, 5.41) is 7.96. The Labute approximate surface area is 183 Å². The van der Waals surface area contributed by atoms with Crippen molar-refractivity contribution in [2.45, 2.75) is 65.1 Å². The number of hydrogen-bond donors (Lipinski definition) is 0. The molecule has 1 aliphatic rings. The maximum absolute atomic E-state index is 13.7. The van der Waals surface area contributed by atoms with Crippen LogP contribution in [0.3, 0.4) is 0 Å². The molecule has 0 saturated carbocycles. The van der Waals surface area contributed by atoms with Crippen LogP contribution in [0.4, 0.5) is 13.2 Å². The molecule has 0 bridgehead atoms. The second-order valence-corrected chi connectivity index (χ2v) is 8.47. The topological polar surface area (TPSA) is 77.0 Å². The molecule has 0 aliphatic carbocycles. The molecule has 1 saturated heterocycles. The van der Waals surface area contributed by atoms with Gasteiger partial charge in [0.1, 0.15) is 0 Å². The van der Waals surface area contributed by atoms with E-state index in [-0.39, 0.29) is 28.6 Å². The number of aryl methyl sites for hydroxylation is 4. The Bertz CT molecular complexity index is 1130. The highest BCUT2D eigenvalue weighted by atomic mass is 19.4. The number of amides is 1. The molecule has 0 spiro atoms. The number of carbonyl (C=O) groups excluding carboxylic acids is 1. The van der Waals surface area contributed by atoms with Crippen LogP contribution in [0.2, 0.25) is 0 Å². The van der Waals surface area contributed by atoms with Crippen LogP contribution in [0, 0.1) is 20.8 Å². The van der Waals surface area contributed by atoms with E-state index >= 15 is 0 Å². The number of nitrogens with zero attached hydrogens (tertiary/aromatic N) is 5. The van der Waals surface area contributed by atoms with Gasteiger partial charge >= 0.3 is 6.18 Å². The third-order valence-corrected chi connectivity index (χ3v) is 6.00. The lowest BCUT2D eigenvalue weighted by Crippen LogP contribution is -2.39. The molecule has 1 amide bonds. The molecule has 4 heterocycles. The fraction of sp³-hybridized carbons (Fsp3) is 0.545. The van der Waals surface area contributed by atoms with Gasteiger partial charge in [-0.1, -0.05) is 5.16 Å². The third kappa shape index (κ3) is 4.49. The van der Waals surface area contributed by atoms with Crippen LogP contribution in [0.5, 0.6) is 0 Å². The number of hydrogen-bond acceptors (Lipinski definition) is 5. The van der Waals surface area contributed by atoms with E-state index < -0.39 is 11.7 Å². The number of pyridine rings is 1. The van der Waals surface area contributed by atoms with Gasteiger partial charge < -0.3 is 9.42 Å². The van der Waals surface area contributed by atoms with E-state index in [2.05, 4.69) is 15.2 Å². The first-order valence-corrected chi connectivity index (χ1v) is 10.8. The molecule has 32 heavy (non-hydrogen) atoms. The molecule has 0 aromatic carbocycles. The van der Waals surface area contributed by atoms with Gasteiger partial charge in [0.25, 0.3) is 5.71 Å². The molecular formula is C22H26F3N5O2. The fourth-order valence-corrected chi connectivity index (χ4v) is 4.43. The van der Waals surface area contributed by atoms with Crippen LogP contribution in [-0.2, 0) is 17.5 Å². The summed E-state index contributed by atoms with van der Waals surface area (Å²) in [6, 6.07) is 3.08. The van der Waals surface area contributed by atoms with Crippen molar-refractivity contribution in [3.63, 3.8) is 0 Å². The number of likely N-dealkylation sites (tertiary alicyclic amines) is 1. The minimum absolute atomic E-state index is 0.00358. The van der Waals surface area contributed by atoms with E-state index in [1.54, 1.807) is 4.90 Å². The number of piperidine rings is 1. The lowest BCUT2D eigenvalue weighted by atomic mass is 9.92. The number of fused-ring (bicyclic) bond motifs is 1. The van der Waals surface area contributed by atoms with E-state index in [1.165, 1.54) is 6.92 Å². The van der Waals surface area contributed by atoms with Crippen molar-refractivity contribution in [3.05, 3.63) is 40.5 Å². The molecule has 3 aromatic rings. The normalized spacial score (nSPS) is 17.3. The first-order chi connectivity index (χ1) is 15.1. The summed E-state index contributed by atoms with van der Waals surface area (Å²) in [7, 11) is 0. The largest absolute Gasteiger partial charge is 0.417 e. The Kier molecular flexibility index (Phi) is 5.96. The Hall–Kier alpha value is -2.91. The predicted molar refractivity (Wildman–Crippen MR) is 111 cm³/mol. The molecule has 0 radical (unpaired) electrons. The van der Waals surface area contributed by atoms with E-state index in [1.807, 2.05) is 24.6 Å². The molecule has 172 valence electrons. The van der Waals surface area contributed by atoms with Crippen LogP contribution in [-0.4, -0.2) is 43.8 Å². The van der Waals surface area contributed by atoms with Gasteiger partial charge in [0.05, 0.1) is 28.0 Å². The molecule has 3 aromatic heterocycles. The molecule has 4 rings (SSSR count). The SMILES string of the molecule is Cc1cc(C)n(CCCC(=O)N2CCC[C@@H](c3cc(C(F)(F)F)c4c(C)noc4n3)C2)n1. The van der Waals surface area contributed by atoms with Gasteiger partial charge in [-0.3, -0.25) is 9.48 Å². The third-order valence-electron chi connectivity index (χ3n) is 6.00. The van der Waals surface area contributed by atoms with E-state index in [4.69, 9.17) is 4.52 Å². The molecular weight excluding hydrogens is 423 g/mol. The van der Waals surface area contributed by atoms with Gasteiger partial charge in [-0.15, -0.1) is 0 Å². The van der Waals surface area contributed by atoms with E-state index in [0.29, 0.717) is 51.0 Å². The molecule has 1 atom stereocenters. The Morgan fingerprint density at radius 1 is 1.25 bits per heavy atom.